The summed E-state index contributed by atoms with van der Waals surface area (Å²) < 4.78 is 11.4. The standard InChI is InChI=1S/C36H56O12/c1-18-10-13-36(30(45)48-28-26(42)25(41)24(40)20(17-37)47-28)15-14-33(5)19(27(36)35(18,7)46)8-9-22-32(4,16-23(38)39)21(11-12-34(22,33)6)31(2,3)29(43)44/h8,18,20-22,24-28,37,40-42,46H,9-17H2,1-7H3,(H,38,39)(H,43,44)/t18-,20-,21-,22-,24-,25+,26-,27-,28+,32+,33-,34-,35-,36+/m1/s1. The van der Waals surface area contributed by atoms with Crippen LogP contribution in [0.2, 0.25) is 0 Å². The molecule has 14 atom stereocenters. The Morgan fingerprint density at radius 2 is 1.60 bits per heavy atom. The number of carboxylic acids is 2. The molecule has 1 saturated heterocycles. The van der Waals surface area contributed by atoms with Crippen LogP contribution in [0.3, 0.4) is 0 Å². The second-order valence-electron chi connectivity index (χ2n) is 17.2. The van der Waals surface area contributed by atoms with Crippen molar-refractivity contribution in [2.75, 3.05) is 6.61 Å². The second kappa shape index (κ2) is 12.0. The molecule has 48 heavy (non-hydrogen) atoms. The number of ether oxygens (including phenoxy) is 2. The van der Waals surface area contributed by atoms with E-state index in [-0.39, 0.29) is 18.3 Å². The topological polar surface area (TPSA) is 211 Å². The van der Waals surface area contributed by atoms with Crippen molar-refractivity contribution >= 4 is 17.9 Å². The summed E-state index contributed by atoms with van der Waals surface area (Å²) in [7, 11) is 0. The number of aliphatic hydroxyl groups excluding tert-OH is 4. The normalized spacial score (nSPS) is 49.1. The van der Waals surface area contributed by atoms with Crippen molar-refractivity contribution in [1.82, 2.24) is 0 Å². The molecule has 4 aliphatic carbocycles. The van der Waals surface area contributed by atoms with Gasteiger partial charge in [0.1, 0.15) is 24.4 Å². The van der Waals surface area contributed by atoms with Gasteiger partial charge in [0.05, 0.1) is 29.5 Å². The largest absolute Gasteiger partial charge is 0.481 e. The number of hydrogen-bond donors (Lipinski definition) is 7. The minimum atomic E-state index is -1.76. The number of carbonyl (C=O) groups is 3. The summed E-state index contributed by atoms with van der Waals surface area (Å²) in [6.45, 7) is 12.7. The molecule has 7 N–H and O–H groups in total. The van der Waals surface area contributed by atoms with Crippen LogP contribution in [-0.2, 0) is 23.9 Å². The van der Waals surface area contributed by atoms with Crippen LogP contribution < -0.4 is 0 Å². The summed E-state index contributed by atoms with van der Waals surface area (Å²) >= 11 is 0. The van der Waals surface area contributed by atoms with E-state index in [1.165, 1.54) is 0 Å². The van der Waals surface area contributed by atoms with Crippen LogP contribution in [0.25, 0.3) is 0 Å². The summed E-state index contributed by atoms with van der Waals surface area (Å²) in [6.07, 6.45) is -2.70. The van der Waals surface area contributed by atoms with Crippen molar-refractivity contribution < 1.29 is 59.6 Å². The first-order valence-electron chi connectivity index (χ1n) is 17.5. The fraction of sp³-hybridized carbons (Fsp3) is 0.861. The van der Waals surface area contributed by atoms with E-state index in [2.05, 4.69) is 19.9 Å². The quantitative estimate of drug-likeness (QED) is 0.153. The number of carboxylic acid groups (broad SMARTS) is 2. The molecule has 1 heterocycles. The molecule has 0 radical (unpaired) electrons. The van der Waals surface area contributed by atoms with Crippen molar-refractivity contribution in [1.29, 1.82) is 0 Å². The zero-order chi connectivity index (χ0) is 36.0. The molecule has 5 aliphatic rings. The van der Waals surface area contributed by atoms with Gasteiger partial charge >= 0.3 is 17.9 Å². The van der Waals surface area contributed by atoms with Crippen LogP contribution in [-0.4, -0.2) is 96.6 Å². The Kier molecular flexibility index (Phi) is 9.30. The lowest BCUT2D eigenvalue weighted by Crippen LogP contribution is -2.67. The van der Waals surface area contributed by atoms with Crippen molar-refractivity contribution in [3.63, 3.8) is 0 Å². The molecule has 0 bridgehead atoms. The first-order chi connectivity index (χ1) is 22.1. The molecule has 0 unspecified atom stereocenters. The van der Waals surface area contributed by atoms with E-state index < -0.39 is 99.7 Å². The smallest absolute Gasteiger partial charge is 0.315 e. The van der Waals surface area contributed by atoms with Crippen molar-refractivity contribution in [3.8, 4) is 0 Å². The third-order valence-corrected chi connectivity index (χ3v) is 14.8. The van der Waals surface area contributed by atoms with Crippen LogP contribution in [0.5, 0.6) is 0 Å². The molecule has 0 aromatic carbocycles. The van der Waals surface area contributed by atoms with Gasteiger partial charge < -0.3 is 45.2 Å². The highest BCUT2D eigenvalue weighted by atomic mass is 16.7. The average molecular weight is 681 g/mol. The van der Waals surface area contributed by atoms with Crippen LogP contribution in [0.1, 0.15) is 99.8 Å². The summed E-state index contributed by atoms with van der Waals surface area (Å²) in [5.41, 5.74) is -4.72. The fourth-order valence-electron chi connectivity index (χ4n) is 11.5. The van der Waals surface area contributed by atoms with E-state index in [0.717, 1.165) is 5.57 Å². The third kappa shape index (κ3) is 5.10. The van der Waals surface area contributed by atoms with Crippen LogP contribution >= 0.6 is 0 Å². The molecule has 1 aliphatic heterocycles. The number of carbonyl (C=O) groups excluding carboxylic acids is 1. The highest BCUT2D eigenvalue weighted by Gasteiger charge is 2.71. The Morgan fingerprint density at radius 3 is 2.19 bits per heavy atom. The SMILES string of the molecule is C[C@@H]1CC[C@]2(C(=O)O[C@@H]3O[C@H](CO)[C@@H](O)[C@H](O)[C@H]3O)CC[C@]3(C)C(=CC[C@@H]4[C@@](C)(CC(=O)O)[C@@H](C(C)(C)C(=O)O)CC[C@]43C)[C@@H]2[C@]1(C)O. The Bertz CT molecular complexity index is 1340. The molecule has 3 saturated carbocycles. The van der Waals surface area contributed by atoms with Crippen LogP contribution in [0.4, 0.5) is 0 Å². The second-order valence-corrected chi connectivity index (χ2v) is 17.2. The monoisotopic (exact) mass is 680 g/mol. The molecular formula is C36H56O12. The van der Waals surface area contributed by atoms with Gasteiger partial charge in [-0.3, -0.25) is 14.4 Å². The molecule has 0 amide bonds. The molecule has 0 spiro atoms. The van der Waals surface area contributed by atoms with Gasteiger partial charge in [-0.05, 0) is 99.7 Å². The van der Waals surface area contributed by atoms with Gasteiger partial charge in [-0.25, -0.2) is 0 Å². The van der Waals surface area contributed by atoms with E-state index in [4.69, 9.17) is 9.47 Å². The molecule has 12 nitrogen and oxygen atoms in total. The van der Waals surface area contributed by atoms with Crippen molar-refractivity contribution in [2.24, 2.45) is 50.7 Å². The van der Waals surface area contributed by atoms with Gasteiger partial charge in [-0.1, -0.05) is 39.3 Å². The first kappa shape index (κ1) is 37.2. The lowest BCUT2D eigenvalue weighted by molar-refractivity contribution is -0.299. The van der Waals surface area contributed by atoms with Gasteiger partial charge in [0.15, 0.2) is 0 Å². The number of hydrogen-bond acceptors (Lipinski definition) is 10. The lowest BCUT2D eigenvalue weighted by Gasteiger charge is -2.70. The minimum absolute atomic E-state index is 0.179. The van der Waals surface area contributed by atoms with E-state index in [0.29, 0.717) is 44.9 Å². The zero-order valence-electron chi connectivity index (χ0n) is 29.3. The number of rotatable bonds is 7. The molecule has 12 heteroatoms. The summed E-state index contributed by atoms with van der Waals surface area (Å²) in [6, 6.07) is 0. The number of esters is 1. The molecule has 272 valence electrons. The van der Waals surface area contributed by atoms with Crippen LogP contribution in [0.15, 0.2) is 11.6 Å². The number of aliphatic hydroxyl groups is 5. The Hall–Kier alpha value is -2.09. The summed E-state index contributed by atoms with van der Waals surface area (Å²) in [5, 5.41) is 73.8. The fourth-order valence-corrected chi connectivity index (χ4v) is 11.5. The van der Waals surface area contributed by atoms with Gasteiger partial charge in [-0.15, -0.1) is 0 Å². The van der Waals surface area contributed by atoms with Gasteiger partial charge in [-0.2, -0.15) is 0 Å². The first-order valence-corrected chi connectivity index (χ1v) is 17.5. The summed E-state index contributed by atoms with van der Waals surface area (Å²) in [5.74, 6) is -4.10. The predicted octanol–water partition coefficient (Wildman–Crippen LogP) is 2.87. The number of fused-ring (bicyclic) bond motifs is 5. The van der Waals surface area contributed by atoms with E-state index in [1.807, 2.05) is 13.8 Å². The Morgan fingerprint density at radius 1 is 0.958 bits per heavy atom. The van der Waals surface area contributed by atoms with Crippen LogP contribution in [0, 0.1) is 50.7 Å². The molecule has 0 aromatic rings. The van der Waals surface area contributed by atoms with E-state index >= 15 is 0 Å². The molecule has 4 fully saturated rings. The number of allylic oxidation sites excluding steroid dienone is 1. The maximum atomic E-state index is 14.4. The highest BCUT2D eigenvalue weighted by Crippen LogP contribution is 2.75. The Labute approximate surface area is 282 Å². The predicted molar refractivity (Wildman–Crippen MR) is 171 cm³/mol. The Balaban J connectivity index is 1.59. The maximum absolute atomic E-state index is 14.4. The minimum Gasteiger partial charge on any atom is -0.481 e. The molecule has 0 aromatic heterocycles. The highest BCUT2D eigenvalue weighted by molar-refractivity contribution is 5.79. The summed E-state index contributed by atoms with van der Waals surface area (Å²) in [4.78, 5) is 39.4. The van der Waals surface area contributed by atoms with E-state index in [1.54, 1.807) is 20.8 Å². The van der Waals surface area contributed by atoms with Gasteiger partial charge in [0.2, 0.25) is 6.29 Å². The third-order valence-electron chi connectivity index (χ3n) is 14.8. The van der Waals surface area contributed by atoms with E-state index in [9.17, 15) is 50.1 Å². The molecular weight excluding hydrogens is 624 g/mol. The number of aliphatic carboxylic acids is 2. The average Bonchev–Trinajstić information content (AvgIpc) is 2.99. The van der Waals surface area contributed by atoms with Gasteiger partial charge in [0.25, 0.3) is 0 Å². The lowest BCUT2D eigenvalue weighted by atomic mass is 9.34. The molecule has 5 rings (SSSR count). The van der Waals surface area contributed by atoms with Crippen molar-refractivity contribution in [3.05, 3.63) is 11.6 Å². The van der Waals surface area contributed by atoms with Gasteiger partial charge in [0, 0.05) is 5.92 Å². The maximum Gasteiger partial charge on any atom is 0.315 e. The van der Waals surface area contributed by atoms with Crippen molar-refractivity contribution in [2.45, 2.75) is 136 Å². The zero-order valence-corrected chi connectivity index (χ0v) is 29.3.